The van der Waals surface area contributed by atoms with E-state index in [0.29, 0.717) is 33.2 Å². The summed E-state index contributed by atoms with van der Waals surface area (Å²) in [4.78, 5) is 13.7. The van der Waals surface area contributed by atoms with Gasteiger partial charge in [-0.05, 0) is 182 Å². The van der Waals surface area contributed by atoms with Crippen molar-refractivity contribution in [1.29, 1.82) is 0 Å². The second kappa shape index (κ2) is 14.7. The summed E-state index contributed by atoms with van der Waals surface area (Å²) in [5.74, 6) is -0.659. The van der Waals surface area contributed by atoms with E-state index in [4.69, 9.17) is 30.6 Å². The number of hydrogen-bond acceptors (Lipinski definition) is 5. The summed E-state index contributed by atoms with van der Waals surface area (Å²) in [5.41, 5.74) is 6.02. The van der Waals surface area contributed by atoms with Gasteiger partial charge in [-0.25, -0.2) is 4.98 Å². The SMILES string of the molecule is [2H]C([2H])([2H])c1ccc2c(n1)oc1c(-c3cc(-c4ccc(C5([2H])CCC(C)(C)CC5)cc4C)c(C)cn3)cc(Oc3cc(-c4cc(C([2H])([2H])[2H])c(C([2H])([2H])[2H])cn4)cc(-c4ccccc4)c3C([2H])([2H])[2H])cc12. The molecule has 0 saturated heterocycles. The molecule has 0 N–H and O–H groups in total. The second-order valence-electron chi connectivity index (χ2n) is 16.2. The van der Waals surface area contributed by atoms with E-state index in [2.05, 4.69) is 42.0 Å². The van der Waals surface area contributed by atoms with Crippen molar-refractivity contribution in [1.82, 2.24) is 15.0 Å². The molecule has 5 heteroatoms. The number of aromatic nitrogens is 3. The highest BCUT2D eigenvalue weighted by molar-refractivity contribution is 6.09. The summed E-state index contributed by atoms with van der Waals surface area (Å²) in [6.45, 7) is -2.40. The van der Waals surface area contributed by atoms with Crippen LogP contribution in [0.1, 0.15) is 102 Å². The predicted octanol–water partition coefficient (Wildman–Crippen LogP) is 14.8. The number of fused-ring (bicyclic) bond motifs is 3. The van der Waals surface area contributed by atoms with E-state index in [1.807, 2.05) is 19.9 Å². The van der Waals surface area contributed by atoms with E-state index in [9.17, 15) is 1.37 Å². The molecule has 8 aromatic rings. The maximum Gasteiger partial charge on any atom is 0.227 e. The molecule has 1 fully saturated rings. The van der Waals surface area contributed by atoms with Gasteiger partial charge in [0.15, 0.2) is 0 Å². The van der Waals surface area contributed by atoms with Crippen molar-refractivity contribution >= 4 is 22.1 Å². The molecule has 9 rings (SSSR count). The number of nitrogens with zero attached hydrogens (tertiary/aromatic N) is 3. The normalized spacial score (nSPS) is 19.1. The standard InChI is InChI=1S/C53H51N3O2/c1-31-23-48(54-29-33(31)3)40-24-45(38-12-10-9-11-13-38)36(6)50(25-40)57-41-26-46-43-16-14-35(5)56-52(43)58-51(46)47(27-41)49-28-44(34(4)30-55-49)42-17-15-39(22-32(42)2)37-18-20-53(7,8)21-19-37/h9-17,22-30,37H,18-21H2,1-8H3/i1D3,3D3,5D3,6D3,37D. The molecule has 1 saturated carbocycles. The number of benzene rings is 4. The van der Waals surface area contributed by atoms with E-state index in [1.165, 1.54) is 18.2 Å². The van der Waals surface area contributed by atoms with E-state index < -0.39 is 44.4 Å². The summed E-state index contributed by atoms with van der Waals surface area (Å²) in [6, 6.07) is 27.4. The van der Waals surface area contributed by atoms with Gasteiger partial charge in [0.1, 0.15) is 17.1 Å². The average molecular weight is 775 g/mol. The van der Waals surface area contributed by atoms with Crippen molar-refractivity contribution < 1.29 is 27.0 Å². The quantitative estimate of drug-likeness (QED) is 0.161. The van der Waals surface area contributed by atoms with Crippen LogP contribution in [0.4, 0.5) is 0 Å². The number of pyridine rings is 3. The maximum absolute atomic E-state index is 9.44. The molecule has 0 atom stereocenters. The summed E-state index contributed by atoms with van der Waals surface area (Å²) in [7, 11) is 0. The summed E-state index contributed by atoms with van der Waals surface area (Å²) in [6.07, 6.45) is 6.27. The van der Waals surface area contributed by atoms with Crippen molar-refractivity contribution in [2.75, 3.05) is 0 Å². The molecule has 0 aliphatic heterocycles. The first-order chi connectivity index (χ1) is 33.1. The fourth-order valence-corrected chi connectivity index (χ4v) is 8.08. The molecule has 0 bridgehead atoms. The van der Waals surface area contributed by atoms with Crippen molar-refractivity contribution in [3.05, 3.63) is 149 Å². The molecule has 4 heterocycles. The fourth-order valence-electron chi connectivity index (χ4n) is 8.08. The van der Waals surface area contributed by atoms with E-state index in [0.717, 1.165) is 59.7 Å². The second-order valence-corrected chi connectivity index (χ2v) is 16.2. The third-order valence-electron chi connectivity index (χ3n) is 11.5. The van der Waals surface area contributed by atoms with Crippen LogP contribution in [0.15, 0.2) is 114 Å². The topological polar surface area (TPSA) is 61.0 Å². The highest BCUT2D eigenvalue weighted by Gasteiger charge is 2.28. The molecule has 58 heavy (non-hydrogen) atoms. The Kier molecular flexibility index (Phi) is 6.42. The summed E-state index contributed by atoms with van der Waals surface area (Å²) < 4.78 is 122. The largest absolute Gasteiger partial charge is 0.457 e. The van der Waals surface area contributed by atoms with Crippen molar-refractivity contribution in [2.24, 2.45) is 5.41 Å². The van der Waals surface area contributed by atoms with Gasteiger partial charge in [-0.3, -0.25) is 9.97 Å². The first kappa shape index (κ1) is 25.3. The zero-order chi connectivity index (χ0) is 51.2. The molecule has 5 nitrogen and oxygen atoms in total. The molecular formula is C53H51N3O2. The molecule has 1 aliphatic rings. The smallest absolute Gasteiger partial charge is 0.227 e. The van der Waals surface area contributed by atoms with Crippen LogP contribution >= 0.6 is 0 Å². The lowest BCUT2D eigenvalue weighted by atomic mass is 9.71. The molecule has 0 radical (unpaired) electrons. The lowest BCUT2D eigenvalue weighted by Crippen LogP contribution is -2.20. The number of aryl methyl sites for hydroxylation is 5. The average Bonchev–Trinajstić information content (AvgIpc) is 3.67. The van der Waals surface area contributed by atoms with Crippen LogP contribution in [-0.4, -0.2) is 15.0 Å². The number of ether oxygens (including phenoxy) is 1. The summed E-state index contributed by atoms with van der Waals surface area (Å²) >= 11 is 0. The van der Waals surface area contributed by atoms with Gasteiger partial charge in [-0.2, -0.15) is 0 Å². The molecule has 4 aromatic carbocycles. The maximum atomic E-state index is 9.44. The Morgan fingerprint density at radius 1 is 0.672 bits per heavy atom. The van der Waals surface area contributed by atoms with Crippen LogP contribution in [0.5, 0.6) is 11.5 Å². The van der Waals surface area contributed by atoms with Crippen LogP contribution in [0.25, 0.3) is 66.8 Å². The molecule has 4 aromatic heterocycles. The van der Waals surface area contributed by atoms with E-state index in [-0.39, 0.29) is 50.7 Å². The third-order valence-corrected chi connectivity index (χ3v) is 11.5. The molecular weight excluding hydrogens is 711 g/mol. The zero-order valence-electron chi connectivity index (χ0n) is 45.9. The minimum absolute atomic E-state index is 0.0504. The molecule has 0 amide bonds. The molecule has 290 valence electrons. The Balaban J connectivity index is 1.24. The molecule has 0 unspecified atom stereocenters. The number of rotatable bonds is 7. The van der Waals surface area contributed by atoms with Crippen molar-refractivity contribution in [3.63, 3.8) is 0 Å². The van der Waals surface area contributed by atoms with E-state index >= 15 is 0 Å². The predicted molar refractivity (Wildman–Crippen MR) is 239 cm³/mol. The van der Waals surface area contributed by atoms with Gasteiger partial charge in [0.2, 0.25) is 5.71 Å². The van der Waals surface area contributed by atoms with Crippen LogP contribution in [0.3, 0.4) is 0 Å². The minimum atomic E-state index is -2.83. The highest BCUT2D eigenvalue weighted by Crippen LogP contribution is 2.45. The fraction of sp³-hybridized carbons (Fsp3) is 0.264. The van der Waals surface area contributed by atoms with Crippen molar-refractivity contribution in [3.8, 4) is 56.3 Å². The Morgan fingerprint density at radius 2 is 1.48 bits per heavy atom. The summed E-state index contributed by atoms with van der Waals surface area (Å²) in [5, 5.41) is 0.927. The van der Waals surface area contributed by atoms with Gasteiger partial charge in [-0.15, -0.1) is 0 Å². The Bertz CT molecular complexity index is 3360. The first-order valence-electron chi connectivity index (χ1n) is 26.0. The van der Waals surface area contributed by atoms with Crippen LogP contribution in [-0.2, 0) is 0 Å². The van der Waals surface area contributed by atoms with Gasteiger partial charge in [0, 0.05) is 57.8 Å². The molecule has 1 aliphatic carbocycles. The van der Waals surface area contributed by atoms with Crippen molar-refractivity contribution in [2.45, 2.75) is 86.7 Å². The van der Waals surface area contributed by atoms with Gasteiger partial charge in [0.25, 0.3) is 0 Å². The van der Waals surface area contributed by atoms with Crippen LogP contribution in [0.2, 0.25) is 0 Å². The number of furan rings is 1. The highest BCUT2D eigenvalue weighted by atomic mass is 16.5. The Hall–Kier alpha value is -6.07. The van der Waals surface area contributed by atoms with E-state index in [1.54, 1.807) is 60.8 Å². The van der Waals surface area contributed by atoms with Crippen LogP contribution < -0.4 is 4.74 Å². The van der Waals surface area contributed by atoms with Crippen LogP contribution in [0, 0.1) is 46.7 Å². The van der Waals surface area contributed by atoms with Gasteiger partial charge in [-0.1, -0.05) is 62.4 Å². The Morgan fingerprint density at radius 3 is 2.26 bits per heavy atom. The zero-order valence-corrected chi connectivity index (χ0v) is 32.9. The lowest BCUT2D eigenvalue weighted by molar-refractivity contribution is 0.224. The molecule has 0 spiro atoms. The minimum Gasteiger partial charge on any atom is -0.457 e. The van der Waals surface area contributed by atoms with Gasteiger partial charge >= 0.3 is 0 Å². The number of hydrogen-bond donors (Lipinski definition) is 0. The monoisotopic (exact) mass is 774 g/mol. The van der Waals surface area contributed by atoms with Gasteiger partial charge in [0.05, 0.1) is 11.4 Å². The lowest BCUT2D eigenvalue weighted by Gasteiger charge is -2.34. The first-order valence-corrected chi connectivity index (χ1v) is 19.5. The Labute approximate surface area is 360 Å². The van der Waals surface area contributed by atoms with Gasteiger partial charge < -0.3 is 9.15 Å². The third kappa shape index (κ3) is 7.08.